The molecule has 2 N–H and O–H groups in total. The van der Waals surface area contributed by atoms with E-state index in [9.17, 15) is 4.79 Å². The maximum atomic E-state index is 15.3. The summed E-state index contributed by atoms with van der Waals surface area (Å²) in [6, 6.07) is 15.9. The predicted octanol–water partition coefficient (Wildman–Crippen LogP) is 6.99. The molecule has 1 saturated carbocycles. The molecule has 1 amide bonds. The number of aromatic nitrogens is 1. The summed E-state index contributed by atoms with van der Waals surface area (Å²) in [6.45, 7) is 0. The number of para-hydroxylation sites is 1. The molecule has 1 aromatic heterocycles. The number of pyridine rings is 1. The quantitative estimate of drug-likeness (QED) is 0.393. The highest BCUT2D eigenvalue weighted by Crippen LogP contribution is 2.52. The van der Waals surface area contributed by atoms with E-state index in [0.29, 0.717) is 16.3 Å². The van der Waals surface area contributed by atoms with Crippen molar-refractivity contribution < 1.29 is 9.18 Å². The summed E-state index contributed by atoms with van der Waals surface area (Å²) in [7, 11) is 0. The number of hydrogen-bond donors (Lipinski definition) is 2. The third-order valence-electron chi connectivity index (χ3n) is 6.25. The molecule has 1 fully saturated rings. The second kappa shape index (κ2) is 9.56. The maximum absolute atomic E-state index is 15.3. The third-order valence-corrected chi connectivity index (χ3v) is 7.78. The van der Waals surface area contributed by atoms with E-state index < -0.39 is 11.4 Å². The Balaban J connectivity index is 1.47. The molecule has 174 valence electrons. The van der Waals surface area contributed by atoms with Crippen LogP contribution < -0.4 is 10.6 Å². The van der Waals surface area contributed by atoms with Gasteiger partial charge >= 0.3 is 0 Å². The Bertz CT molecular complexity index is 1270. The van der Waals surface area contributed by atoms with Crippen molar-refractivity contribution in [3.05, 3.63) is 87.9 Å². The van der Waals surface area contributed by atoms with Crippen molar-refractivity contribution >= 4 is 57.4 Å². The molecule has 2 aliphatic rings. The lowest BCUT2D eigenvalue weighted by Crippen LogP contribution is -2.37. The van der Waals surface area contributed by atoms with Crippen LogP contribution in [0.3, 0.4) is 0 Å². The van der Waals surface area contributed by atoms with Gasteiger partial charge in [-0.05, 0) is 55.2 Å². The van der Waals surface area contributed by atoms with Gasteiger partial charge in [0.05, 0.1) is 15.6 Å². The Morgan fingerprint density at radius 2 is 1.94 bits per heavy atom. The van der Waals surface area contributed by atoms with Crippen LogP contribution >= 0.6 is 35.0 Å². The smallest absolute Gasteiger partial charge is 0.275 e. The number of nitrogens with one attached hydrogen (secondary N) is 2. The molecule has 5 nitrogen and oxygen atoms in total. The second-order valence-electron chi connectivity index (χ2n) is 8.37. The Labute approximate surface area is 211 Å². The fourth-order valence-corrected chi connectivity index (χ4v) is 6.34. The highest BCUT2D eigenvalue weighted by atomic mass is 35.5. The van der Waals surface area contributed by atoms with Crippen LogP contribution in [0.5, 0.6) is 0 Å². The molecule has 0 bridgehead atoms. The Hall–Kier alpha value is -2.61. The first kappa shape index (κ1) is 23.1. The van der Waals surface area contributed by atoms with Gasteiger partial charge in [0, 0.05) is 28.9 Å². The minimum atomic E-state index is -0.677. The summed E-state index contributed by atoms with van der Waals surface area (Å²) in [6.07, 6.45) is 4.05. The molecule has 1 aliphatic heterocycles. The number of fused-ring (bicyclic) bond motifs is 1. The lowest BCUT2D eigenvalue weighted by Gasteiger charge is -2.37. The topological polar surface area (TPSA) is 66.4 Å². The molecule has 2 heterocycles. The van der Waals surface area contributed by atoms with Crippen molar-refractivity contribution in [2.24, 2.45) is 10.9 Å². The van der Waals surface area contributed by atoms with Crippen LogP contribution in [0.1, 0.15) is 35.3 Å². The minimum Gasteiger partial charge on any atom is -0.335 e. The number of thioether (sulfide) groups is 1. The molecule has 3 aromatic rings. The largest absolute Gasteiger partial charge is 0.335 e. The summed E-state index contributed by atoms with van der Waals surface area (Å²) in [5.41, 5.74) is 1.27. The van der Waals surface area contributed by atoms with Gasteiger partial charge in [-0.25, -0.2) is 9.37 Å². The number of rotatable bonds is 4. The van der Waals surface area contributed by atoms with Crippen LogP contribution in [0, 0.1) is 11.7 Å². The van der Waals surface area contributed by atoms with Crippen molar-refractivity contribution in [1.29, 1.82) is 0 Å². The Morgan fingerprint density at radius 1 is 1.12 bits per heavy atom. The van der Waals surface area contributed by atoms with Gasteiger partial charge in [-0.2, -0.15) is 0 Å². The molecule has 34 heavy (non-hydrogen) atoms. The average molecular weight is 515 g/mol. The molecule has 0 spiro atoms. The highest BCUT2D eigenvalue weighted by Gasteiger charge is 2.48. The van der Waals surface area contributed by atoms with Crippen molar-refractivity contribution in [3.63, 3.8) is 0 Å². The SMILES string of the molecule is O=C(Nc1ccc(F)c(C23CCCC2CSC(Nc2ccccc2)=N3)c1)c1ncc(Cl)cc1Cl. The van der Waals surface area contributed by atoms with E-state index in [2.05, 4.69) is 15.6 Å². The van der Waals surface area contributed by atoms with Crippen LogP contribution in [0.25, 0.3) is 0 Å². The number of amidine groups is 1. The number of carbonyl (C=O) groups is 1. The number of amides is 1. The summed E-state index contributed by atoms with van der Waals surface area (Å²) in [5, 5.41) is 7.42. The first-order valence-corrected chi connectivity index (χ1v) is 12.7. The van der Waals surface area contributed by atoms with Gasteiger partial charge in [0.15, 0.2) is 5.17 Å². The molecule has 0 saturated heterocycles. The Morgan fingerprint density at radius 3 is 2.74 bits per heavy atom. The lowest BCUT2D eigenvalue weighted by molar-refractivity contribution is 0.102. The number of aliphatic imine (C=N–C) groups is 1. The number of anilines is 2. The molecule has 5 rings (SSSR count). The zero-order valence-electron chi connectivity index (χ0n) is 18.0. The second-order valence-corrected chi connectivity index (χ2v) is 10.2. The number of nitrogens with zero attached hydrogens (tertiary/aromatic N) is 2. The van der Waals surface area contributed by atoms with Crippen molar-refractivity contribution in [2.75, 3.05) is 16.4 Å². The number of halogens is 3. The summed E-state index contributed by atoms with van der Waals surface area (Å²) in [5.74, 6) is 0.238. The molecule has 1 aliphatic carbocycles. The van der Waals surface area contributed by atoms with Crippen molar-refractivity contribution in [1.82, 2.24) is 4.98 Å². The molecule has 2 unspecified atom stereocenters. The number of hydrogen-bond acceptors (Lipinski definition) is 5. The highest BCUT2D eigenvalue weighted by molar-refractivity contribution is 8.14. The van der Waals surface area contributed by atoms with Gasteiger partial charge in [0.25, 0.3) is 5.91 Å². The van der Waals surface area contributed by atoms with E-state index in [1.165, 1.54) is 24.4 Å². The van der Waals surface area contributed by atoms with E-state index >= 15 is 4.39 Å². The summed E-state index contributed by atoms with van der Waals surface area (Å²) >= 11 is 13.7. The first-order chi connectivity index (χ1) is 16.4. The molecule has 9 heteroatoms. The standard InChI is InChI=1S/C25H21Cl2FN4OS/c26-16-11-20(27)22(29-13-16)23(33)30-18-8-9-21(28)19(12-18)25-10-4-5-15(25)14-34-24(32-25)31-17-6-2-1-3-7-17/h1-3,6-9,11-13,15H,4-5,10,14H2,(H,30,33)(H,31,32). The van der Waals surface area contributed by atoms with E-state index in [1.807, 2.05) is 30.3 Å². The van der Waals surface area contributed by atoms with Crippen LogP contribution in [-0.4, -0.2) is 21.8 Å². The van der Waals surface area contributed by atoms with E-state index in [4.69, 9.17) is 28.2 Å². The monoisotopic (exact) mass is 514 g/mol. The van der Waals surface area contributed by atoms with Gasteiger partial charge in [0.2, 0.25) is 0 Å². The molecule has 2 aromatic carbocycles. The van der Waals surface area contributed by atoms with E-state index in [1.54, 1.807) is 17.8 Å². The van der Waals surface area contributed by atoms with Gasteiger partial charge < -0.3 is 10.6 Å². The normalized spacial score (nSPS) is 21.5. The molecular formula is C25H21Cl2FN4OS. The van der Waals surface area contributed by atoms with Gasteiger partial charge in [-0.15, -0.1) is 0 Å². The molecular weight excluding hydrogens is 494 g/mol. The zero-order valence-corrected chi connectivity index (χ0v) is 20.4. The van der Waals surface area contributed by atoms with E-state index in [-0.39, 0.29) is 22.5 Å². The third kappa shape index (κ3) is 4.52. The predicted molar refractivity (Wildman–Crippen MR) is 138 cm³/mol. The number of benzene rings is 2. The van der Waals surface area contributed by atoms with Crippen LogP contribution in [0.15, 0.2) is 65.8 Å². The lowest BCUT2D eigenvalue weighted by atomic mass is 9.81. The number of carbonyl (C=O) groups excluding carboxylic acids is 1. The van der Waals surface area contributed by atoms with Crippen LogP contribution in [-0.2, 0) is 5.54 Å². The first-order valence-electron chi connectivity index (χ1n) is 10.9. The van der Waals surface area contributed by atoms with Gasteiger partial charge in [-0.1, -0.05) is 59.6 Å². The molecule has 0 radical (unpaired) electrons. The minimum absolute atomic E-state index is 0.0512. The summed E-state index contributed by atoms with van der Waals surface area (Å²) < 4.78 is 15.3. The summed E-state index contributed by atoms with van der Waals surface area (Å²) in [4.78, 5) is 21.9. The van der Waals surface area contributed by atoms with E-state index in [0.717, 1.165) is 35.9 Å². The van der Waals surface area contributed by atoms with Crippen molar-refractivity contribution in [3.8, 4) is 0 Å². The Kier molecular flexibility index (Phi) is 6.51. The van der Waals surface area contributed by atoms with Crippen LogP contribution in [0.2, 0.25) is 10.0 Å². The van der Waals surface area contributed by atoms with Crippen molar-refractivity contribution in [2.45, 2.75) is 24.8 Å². The maximum Gasteiger partial charge on any atom is 0.275 e. The average Bonchev–Trinajstić information content (AvgIpc) is 3.25. The fraction of sp³-hybridized carbons (Fsp3) is 0.240. The zero-order chi connectivity index (χ0) is 23.7. The molecule has 2 atom stereocenters. The van der Waals surface area contributed by atoms with Gasteiger partial charge in [-0.3, -0.25) is 9.79 Å². The van der Waals surface area contributed by atoms with Crippen LogP contribution in [0.4, 0.5) is 15.8 Å². The fourth-order valence-electron chi connectivity index (χ4n) is 4.65. The van der Waals surface area contributed by atoms with Gasteiger partial charge in [0.1, 0.15) is 11.5 Å².